The molecule has 19 heavy (non-hydrogen) atoms. The van der Waals surface area contributed by atoms with Crippen LogP contribution in [0.3, 0.4) is 0 Å². The molecule has 1 aliphatic rings. The molecule has 1 fully saturated rings. The number of nitrogens with zero attached hydrogens (tertiary/aromatic N) is 2. The summed E-state index contributed by atoms with van der Waals surface area (Å²) in [4.78, 5) is 4.41. The molecule has 0 spiro atoms. The summed E-state index contributed by atoms with van der Waals surface area (Å²) in [5.74, 6) is 0. The number of nitrogens with one attached hydrogen (secondary N) is 1. The van der Waals surface area contributed by atoms with Gasteiger partial charge in [-0.25, -0.2) is 4.98 Å². The third-order valence-corrected chi connectivity index (χ3v) is 3.89. The van der Waals surface area contributed by atoms with Crippen LogP contribution in [0.25, 0.3) is 11.0 Å². The topological polar surface area (TPSA) is 39.1 Å². The second-order valence-electron chi connectivity index (χ2n) is 5.21. The maximum atomic E-state index is 5.55. The monoisotopic (exact) mass is 259 g/mol. The van der Waals surface area contributed by atoms with Crippen molar-refractivity contribution in [2.24, 2.45) is 0 Å². The van der Waals surface area contributed by atoms with E-state index in [1.54, 1.807) is 0 Å². The molecule has 1 aromatic heterocycles. The van der Waals surface area contributed by atoms with Crippen molar-refractivity contribution in [1.29, 1.82) is 0 Å². The van der Waals surface area contributed by atoms with Crippen LogP contribution < -0.4 is 5.32 Å². The highest BCUT2D eigenvalue weighted by atomic mass is 16.5. The van der Waals surface area contributed by atoms with E-state index in [0.29, 0.717) is 12.1 Å². The van der Waals surface area contributed by atoms with Gasteiger partial charge in [0.25, 0.3) is 0 Å². The van der Waals surface area contributed by atoms with Crippen LogP contribution in [-0.2, 0) is 11.3 Å². The molecule has 0 saturated carbocycles. The van der Waals surface area contributed by atoms with Gasteiger partial charge in [0, 0.05) is 19.2 Å². The van der Waals surface area contributed by atoms with Crippen LogP contribution in [-0.4, -0.2) is 34.8 Å². The molecule has 2 aromatic rings. The molecule has 102 valence electrons. The van der Waals surface area contributed by atoms with E-state index in [2.05, 4.69) is 40.0 Å². The first-order valence-electron chi connectivity index (χ1n) is 7.09. The van der Waals surface area contributed by atoms with Crippen molar-refractivity contribution in [3.8, 4) is 0 Å². The first kappa shape index (κ1) is 12.6. The normalized spacial score (nSPS) is 23.2. The summed E-state index contributed by atoms with van der Waals surface area (Å²) in [7, 11) is 0. The molecule has 1 N–H and O–H groups in total. The number of ether oxygens (including phenoxy) is 1. The number of fused-ring (bicyclic) bond motifs is 1. The lowest BCUT2D eigenvalue weighted by Gasteiger charge is -2.15. The Kier molecular flexibility index (Phi) is 3.80. The van der Waals surface area contributed by atoms with Crippen molar-refractivity contribution in [3.63, 3.8) is 0 Å². The van der Waals surface area contributed by atoms with Gasteiger partial charge in [-0.05, 0) is 38.4 Å². The maximum Gasteiger partial charge on any atom is 0.0958 e. The number of hydrogen-bond donors (Lipinski definition) is 1. The minimum Gasteiger partial charge on any atom is -0.377 e. The molecule has 0 radical (unpaired) electrons. The van der Waals surface area contributed by atoms with Gasteiger partial charge in [0.15, 0.2) is 0 Å². The number of rotatable bonds is 5. The fraction of sp³-hybridized carbons (Fsp3) is 0.533. The predicted molar refractivity (Wildman–Crippen MR) is 76.2 cm³/mol. The first-order chi connectivity index (χ1) is 9.34. The largest absolute Gasteiger partial charge is 0.377 e. The van der Waals surface area contributed by atoms with Crippen LogP contribution in [0.2, 0.25) is 0 Å². The van der Waals surface area contributed by atoms with E-state index in [4.69, 9.17) is 4.74 Å². The van der Waals surface area contributed by atoms with E-state index >= 15 is 0 Å². The number of aromatic nitrogens is 2. The molecule has 1 aliphatic heterocycles. The average molecular weight is 259 g/mol. The maximum absolute atomic E-state index is 5.55. The molecule has 1 aromatic carbocycles. The fourth-order valence-electron chi connectivity index (χ4n) is 2.73. The van der Waals surface area contributed by atoms with Crippen molar-refractivity contribution < 1.29 is 4.74 Å². The second kappa shape index (κ2) is 5.72. The van der Waals surface area contributed by atoms with Gasteiger partial charge in [-0.1, -0.05) is 12.1 Å². The quantitative estimate of drug-likeness (QED) is 0.837. The van der Waals surface area contributed by atoms with Gasteiger partial charge in [0.2, 0.25) is 0 Å². The van der Waals surface area contributed by atoms with Crippen LogP contribution in [0, 0.1) is 0 Å². The Balaban J connectivity index is 1.50. The molecule has 4 heteroatoms. The van der Waals surface area contributed by atoms with Gasteiger partial charge in [0.05, 0.1) is 23.5 Å². The Morgan fingerprint density at radius 2 is 2.32 bits per heavy atom. The molecule has 2 unspecified atom stereocenters. The Labute approximate surface area is 113 Å². The number of hydrogen-bond acceptors (Lipinski definition) is 3. The Morgan fingerprint density at radius 3 is 3.16 bits per heavy atom. The van der Waals surface area contributed by atoms with Crippen LogP contribution >= 0.6 is 0 Å². The molecule has 1 saturated heterocycles. The summed E-state index contributed by atoms with van der Waals surface area (Å²) in [5, 5.41) is 3.58. The lowest BCUT2D eigenvalue weighted by molar-refractivity contribution is 0.113. The van der Waals surface area contributed by atoms with Gasteiger partial charge in [-0.15, -0.1) is 0 Å². The van der Waals surface area contributed by atoms with Crippen molar-refractivity contribution in [1.82, 2.24) is 14.9 Å². The van der Waals surface area contributed by atoms with Gasteiger partial charge in [-0.2, -0.15) is 0 Å². The third kappa shape index (κ3) is 2.80. The molecule has 2 heterocycles. The van der Waals surface area contributed by atoms with Crippen LogP contribution in [0.5, 0.6) is 0 Å². The molecule has 0 amide bonds. The minimum absolute atomic E-state index is 0.356. The molecule has 2 atom stereocenters. The van der Waals surface area contributed by atoms with Crippen LogP contribution in [0.4, 0.5) is 0 Å². The second-order valence-corrected chi connectivity index (χ2v) is 5.21. The Bertz CT molecular complexity index is 537. The van der Waals surface area contributed by atoms with Crippen molar-refractivity contribution in [2.45, 2.75) is 38.5 Å². The number of aryl methyl sites for hydroxylation is 1. The van der Waals surface area contributed by atoms with Crippen LogP contribution in [0.1, 0.15) is 19.8 Å². The zero-order valence-corrected chi connectivity index (χ0v) is 11.4. The van der Waals surface area contributed by atoms with Gasteiger partial charge < -0.3 is 14.6 Å². The lowest BCUT2D eigenvalue weighted by Crippen LogP contribution is -2.35. The number of imidazole rings is 1. The summed E-state index contributed by atoms with van der Waals surface area (Å²) in [6.45, 7) is 5.08. The van der Waals surface area contributed by atoms with Gasteiger partial charge >= 0.3 is 0 Å². The Hall–Kier alpha value is -1.39. The van der Waals surface area contributed by atoms with Gasteiger partial charge in [0.1, 0.15) is 0 Å². The fourth-order valence-corrected chi connectivity index (χ4v) is 2.73. The molecular formula is C15H21N3O. The van der Waals surface area contributed by atoms with Crippen molar-refractivity contribution in [3.05, 3.63) is 30.6 Å². The van der Waals surface area contributed by atoms with Crippen molar-refractivity contribution in [2.75, 3.05) is 13.2 Å². The molecule has 0 bridgehead atoms. The van der Waals surface area contributed by atoms with Crippen molar-refractivity contribution >= 4 is 11.0 Å². The summed E-state index contributed by atoms with van der Waals surface area (Å²) >= 11 is 0. The summed E-state index contributed by atoms with van der Waals surface area (Å²) < 4.78 is 7.78. The van der Waals surface area contributed by atoms with Crippen LogP contribution in [0.15, 0.2) is 30.6 Å². The van der Waals surface area contributed by atoms with E-state index < -0.39 is 0 Å². The van der Waals surface area contributed by atoms with E-state index in [1.165, 1.54) is 5.52 Å². The average Bonchev–Trinajstić information content (AvgIpc) is 3.02. The highest BCUT2D eigenvalue weighted by Crippen LogP contribution is 2.13. The van der Waals surface area contributed by atoms with E-state index in [1.807, 2.05) is 12.4 Å². The van der Waals surface area contributed by atoms with E-state index in [0.717, 1.165) is 38.1 Å². The Morgan fingerprint density at radius 1 is 1.42 bits per heavy atom. The third-order valence-electron chi connectivity index (χ3n) is 3.89. The number of benzene rings is 1. The highest BCUT2D eigenvalue weighted by molar-refractivity contribution is 5.74. The zero-order chi connectivity index (χ0) is 13.1. The zero-order valence-electron chi connectivity index (χ0n) is 11.4. The van der Waals surface area contributed by atoms with E-state index in [9.17, 15) is 0 Å². The summed E-state index contributed by atoms with van der Waals surface area (Å²) in [5.41, 5.74) is 2.30. The summed E-state index contributed by atoms with van der Waals surface area (Å²) in [6, 6.07) is 8.81. The molecule has 3 rings (SSSR count). The van der Waals surface area contributed by atoms with Gasteiger partial charge in [-0.3, -0.25) is 0 Å². The minimum atomic E-state index is 0.356. The standard InChI is InChI=1S/C15H21N3O/c1-12-13(7-10-19-12)16-8-4-9-18-11-17-14-5-2-3-6-15(14)18/h2-3,5-6,11-13,16H,4,7-10H2,1H3. The predicted octanol–water partition coefficient (Wildman–Crippen LogP) is 2.19. The van der Waals surface area contributed by atoms with E-state index in [-0.39, 0.29) is 0 Å². The molecule has 0 aliphatic carbocycles. The SMILES string of the molecule is CC1OCCC1NCCCn1cnc2ccccc21. The number of para-hydroxylation sites is 2. The first-order valence-corrected chi connectivity index (χ1v) is 7.09. The molecular weight excluding hydrogens is 238 g/mol. The molecule has 4 nitrogen and oxygen atoms in total. The lowest BCUT2D eigenvalue weighted by atomic mass is 10.1. The highest BCUT2D eigenvalue weighted by Gasteiger charge is 2.22. The smallest absolute Gasteiger partial charge is 0.0958 e. The summed E-state index contributed by atoms with van der Waals surface area (Å²) in [6.07, 6.45) is 4.54.